The van der Waals surface area contributed by atoms with E-state index in [1.165, 1.54) is 31.2 Å². The molecule has 0 heterocycles. The van der Waals surface area contributed by atoms with Gasteiger partial charge in [0, 0.05) is 17.0 Å². The van der Waals surface area contributed by atoms with Crippen molar-refractivity contribution in [3.8, 4) is 0 Å². The predicted molar refractivity (Wildman–Crippen MR) is 94.5 cm³/mol. The number of sulfone groups is 1. The van der Waals surface area contributed by atoms with E-state index in [9.17, 15) is 18.0 Å². The lowest BCUT2D eigenvalue weighted by atomic mass is 10.2. The first-order valence-electron chi connectivity index (χ1n) is 7.24. The zero-order chi connectivity index (χ0) is 18.6. The largest absolute Gasteiger partial charge is 0.449 e. The van der Waals surface area contributed by atoms with Gasteiger partial charge in [-0.15, -0.1) is 0 Å². The molecule has 6 nitrogen and oxygen atoms in total. The van der Waals surface area contributed by atoms with Crippen LogP contribution in [0.1, 0.15) is 17.3 Å². The van der Waals surface area contributed by atoms with Gasteiger partial charge in [-0.05, 0) is 55.5 Å². The normalized spacial score (nSPS) is 12.3. The number of benzene rings is 2. The summed E-state index contributed by atoms with van der Waals surface area (Å²) in [4.78, 5) is 24.2. The summed E-state index contributed by atoms with van der Waals surface area (Å²) < 4.78 is 27.9. The molecule has 2 aromatic carbocycles. The first kappa shape index (κ1) is 19.0. The van der Waals surface area contributed by atoms with Crippen LogP contribution in [0.3, 0.4) is 0 Å². The number of halogens is 1. The molecule has 132 valence electrons. The molecule has 25 heavy (non-hydrogen) atoms. The first-order chi connectivity index (χ1) is 11.7. The van der Waals surface area contributed by atoms with Crippen molar-refractivity contribution in [2.45, 2.75) is 17.9 Å². The number of amides is 1. The Hall–Kier alpha value is -2.38. The summed E-state index contributed by atoms with van der Waals surface area (Å²) in [5.74, 6) is -1.22. The van der Waals surface area contributed by atoms with Crippen molar-refractivity contribution < 1.29 is 22.7 Å². The van der Waals surface area contributed by atoms with Gasteiger partial charge >= 0.3 is 5.97 Å². The molecule has 0 bridgehead atoms. The highest BCUT2D eigenvalue weighted by Crippen LogP contribution is 2.15. The highest BCUT2D eigenvalue weighted by Gasteiger charge is 2.19. The number of anilines is 1. The zero-order valence-electron chi connectivity index (χ0n) is 13.5. The van der Waals surface area contributed by atoms with Gasteiger partial charge in [-0.2, -0.15) is 0 Å². The molecular formula is C17H16ClNO5S. The SMILES string of the molecule is CC(OC(=O)c1ccc(S(C)(=O)=O)cc1)C(=O)Nc1ccc(Cl)cc1. The molecule has 1 atom stereocenters. The summed E-state index contributed by atoms with van der Waals surface area (Å²) in [6.45, 7) is 1.44. The van der Waals surface area contributed by atoms with E-state index >= 15 is 0 Å². The van der Waals surface area contributed by atoms with Gasteiger partial charge in [-0.1, -0.05) is 11.6 Å². The molecule has 1 N–H and O–H groups in total. The first-order valence-corrected chi connectivity index (χ1v) is 9.51. The van der Waals surface area contributed by atoms with E-state index in [0.29, 0.717) is 10.7 Å². The monoisotopic (exact) mass is 381 g/mol. The van der Waals surface area contributed by atoms with Crippen LogP contribution in [0.15, 0.2) is 53.4 Å². The number of ether oxygens (including phenoxy) is 1. The minimum Gasteiger partial charge on any atom is -0.449 e. The minimum absolute atomic E-state index is 0.0950. The van der Waals surface area contributed by atoms with Crippen molar-refractivity contribution in [1.82, 2.24) is 0 Å². The molecule has 1 unspecified atom stereocenters. The molecule has 8 heteroatoms. The number of hydrogen-bond donors (Lipinski definition) is 1. The standard InChI is InChI=1S/C17H16ClNO5S/c1-11(16(20)19-14-7-5-13(18)6-8-14)24-17(21)12-3-9-15(10-4-12)25(2,22)23/h3-11H,1-2H3,(H,19,20). The van der Waals surface area contributed by atoms with Crippen LogP contribution in [-0.2, 0) is 19.4 Å². The Bertz CT molecular complexity index is 876. The van der Waals surface area contributed by atoms with Gasteiger partial charge in [0.1, 0.15) is 0 Å². The third-order valence-corrected chi connectivity index (χ3v) is 4.66. The number of nitrogens with one attached hydrogen (secondary N) is 1. The highest BCUT2D eigenvalue weighted by atomic mass is 35.5. The second kappa shape index (κ2) is 7.67. The van der Waals surface area contributed by atoms with Gasteiger partial charge < -0.3 is 10.1 Å². The van der Waals surface area contributed by atoms with E-state index in [0.717, 1.165) is 6.26 Å². The lowest BCUT2D eigenvalue weighted by molar-refractivity contribution is -0.123. The average Bonchev–Trinajstić information content (AvgIpc) is 2.56. The van der Waals surface area contributed by atoms with Crippen molar-refractivity contribution in [2.75, 3.05) is 11.6 Å². The number of rotatable bonds is 5. The van der Waals surface area contributed by atoms with Crippen molar-refractivity contribution in [3.63, 3.8) is 0 Å². The van der Waals surface area contributed by atoms with E-state index in [-0.39, 0.29) is 10.5 Å². The van der Waals surface area contributed by atoms with Crippen molar-refractivity contribution >= 4 is 39.0 Å². The second-order valence-electron chi connectivity index (χ2n) is 5.34. The Morgan fingerprint density at radius 2 is 1.60 bits per heavy atom. The topological polar surface area (TPSA) is 89.5 Å². The van der Waals surface area contributed by atoms with Crippen LogP contribution in [0.2, 0.25) is 5.02 Å². The molecule has 1 amide bonds. The Labute approximate surface area is 150 Å². The van der Waals surface area contributed by atoms with Gasteiger partial charge in [0.05, 0.1) is 10.5 Å². The van der Waals surface area contributed by atoms with E-state index in [1.54, 1.807) is 24.3 Å². The minimum atomic E-state index is -3.35. The van der Waals surface area contributed by atoms with E-state index in [2.05, 4.69) is 5.32 Å². The number of esters is 1. The summed E-state index contributed by atoms with van der Waals surface area (Å²) in [6.07, 6.45) is 0.0431. The summed E-state index contributed by atoms with van der Waals surface area (Å²) >= 11 is 5.77. The molecule has 2 aromatic rings. The van der Waals surface area contributed by atoms with Crippen LogP contribution in [0, 0.1) is 0 Å². The molecule has 0 spiro atoms. The molecule has 0 saturated heterocycles. The maximum atomic E-state index is 12.0. The third-order valence-electron chi connectivity index (χ3n) is 3.28. The summed E-state index contributed by atoms with van der Waals surface area (Å²) in [6, 6.07) is 11.8. The lowest BCUT2D eigenvalue weighted by Crippen LogP contribution is -2.30. The van der Waals surface area contributed by atoms with Crippen LogP contribution in [0.25, 0.3) is 0 Å². The highest BCUT2D eigenvalue weighted by molar-refractivity contribution is 7.90. The van der Waals surface area contributed by atoms with Gasteiger partial charge in [0.15, 0.2) is 15.9 Å². The van der Waals surface area contributed by atoms with Crippen LogP contribution in [0.4, 0.5) is 5.69 Å². The van der Waals surface area contributed by atoms with Crippen molar-refractivity contribution in [2.24, 2.45) is 0 Å². The molecule has 2 rings (SSSR count). The number of carbonyl (C=O) groups excluding carboxylic acids is 2. The molecule has 0 aliphatic heterocycles. The van der Waals surface area contributed by atoms with Crippen LogP contribution in [-0.4, -0.2) is 32.7 Å². The summed E-state index contributed by atoms with van der Waals surface area (Å²) in [5.41, 5.74) is 0.674. The number of carbonyl (C=O) groups is 2. The fourth-order valence-corrected chi connectivity index (χ4v) is 2.65. The van der Waals surface area contributed by atoms with Gasteiger partial charge in [-0.25, -0.2) is 13.2 Å². The smallest absolute Gasteiger partial charge is 0.338 e. The third kappa shape index (κ3) is 5.30. The molecular weight excluding hydrogens is 366 g/mol. The molecule has 0 aromatic heterocycles. The summed E-state index contributed by atoms with van der Waals surface area (Å²) in [5, 5.41) is 3.14. The maximum absolute atomic E-state index is 12.0. The van der Waals surface area contributed by atoms with E-state index < -0.39 is 27.8 Å². The zero-order valence-corrected chi connectivity index (χ0v) is 15.1. The Kier molecular flexibility index (Phi) is 5.81. The molecule has 0 aliphatic rings. The van der Waals surface area contributed by atoms with Crippen molar-refractivity contribution in [1.29, 1.82) is 0 Å². The lowest BCUT2D eigenvalue weighted by Gasteiger charge is -2.13. The molecule has 0 saturated carbocycles. The molecule has 0 fully saturated rings. The quantitative estimate of drug-likeness (QED) is 0.804. The molecule has 0 aliphatic carbocycles. The fourth-order valence-electron chi connectivity index (χ4n) is 1.90. The Morgan fingerprint density at radius 3 is 2.12 bits per heavy atom. The van der Waals surface area contributed by atoms with Gasteiger partial charge in [-0.3, -0.25) is 4.79 Å². The number of hydrogen-bond acceptors (Lipinski definition) is 5. The van der Waals surface area contributed by atoms with Crippen LogP contribution < -0.4 is 5.32 Å². The molecule has 0 radical (unpaired) electrons. The average molecular weight is 382 g/mol. The van der Waals surface area contributed by atoms with Crippen molar-refractivity contribution in [3.05, 3.63) is 59.1 Å². The van der Waals surface area contributed by atoms with Crippen LogP contribution in [0.5, 0.6) is 0 Å². The Morgan fingerprint density at radius 1 is 1.04 bits per heavy atom. The summed E-state index contributed by atoms with van der Waals surface area (Å²) in [7, 11) is -3.35. The fraction of sp³-hybridized carbons (Fsp3) is 0.176. The van der Waals surface area contributed by atoms with Gasteiger partial charge in [0.25, 0.3) is 5.91 Å². The Balaban J connectivity index is 1.99. The maximum Gasteiger partial charge on any atom is 0.338 e. The van der Waals surface area contributed by atoms with E-state index in [1.807, 2.05) is 0 Å². The predicted octanol–water partition coefficient (Wildman–Crippen LogP) is 2.93. The van der Waals surface area contributed by atoms with Crippen LogP contribution >= 0.6 is 11.6 Å². The van der Waals surface area contributed by atoms with E-state index in [4.69, 9.17) is 16.3 Å². The van der Waals surface area contributed by atoms with Gasteiger partial charge in [0.2, 0.25) is 0 Å². The second-order valence-corrected chi connectivity index (χ2v) is 7.79.